The molecular formula is C16H17NO3S. The van der Waals surface area contributed by atoms with Gasteiger partial charge in [0.25, 0.3) is 5.17 Å². The molecule has 0 aliphatic carbocycles. The molecule has 0 fully saturated rings. The van der Waals surface area contributed by atoms with E-state index < -0.39 is 0 Å². The van der Waals surface area contributed by atoms with Gasteiger partial charge in [0, 0.05) is 5.69 Å². The highest BCUT2D eigenvalue weighted by Crippen LogP contribution is 2.15. The van der Waals surface area contributed by atoms with Crippen LogP contribution in [0.4, 0.5) is 5.69 Å². The van der Waals surface area contributed by atoms with E-state index >= 15 is 0 Å². The molecule has 2 aromatic carbocycles. The Morgan fingerprint density at radius 1 is 0.952 bits per heavy atom. The number of para-hydroxylation sites is 1. The molecular weight excluding hydrogens is 286 g/mol. The molecule has 4 nitrogen and oxygen atoms in total. The molecule has 0 amide bonds. The van der Waals surface area contributed by atoms with Crippen molar-refractivity contribution in [3.8, 4) is 11.5 Å². The summed E-state index contributed by atoms with van der Waals surface area (Å²) in [6.45, 7) is 0.825. The summed E-state index contributed by atoms with van der Waals surface area (Å²) in [6, 6.07) is 17.0. The monoisotopic (exact) mass is 303 g/mol. The number of hydrogen-bond acceptors (Lipinski definition) is 4. The summed E-state index contributed by atoms with van der Waals surface area (Å²) < 4.78 is 16.0. The second kappa shape index (κ2) is 8.11. The predicted octanol–water partition coefficient (Wildman–Crippen LogP) is 3.49. The molecule has 0 heterocycles. The molecule has 0 spiro atoms. The molecule has 21 heavy (non-hydrogen) atoms. The Morgan fingerprint density at radius 2 is 1.67 bits per heavy atom. The Labute approximate surface area is 129 Å². The van der Waals surface area contributed by atoms with Gasteiger partial charge >= 0.3 is 0 Å². The van der Waals surface area contributed by atoms with Gasteiger partial charge in [-0.05, 0) is 48.6 Å². The van der Waals surface area contributed by atoms with Crippen LogP contribution >= 0.6 is 12.2 Å². The Morgan fingerprint density at radius 3 is 2.33 bits per heavy atom. The van der Waals surface area contributed by atoms with Crippen molar-refractivity contribution < 1.29 is 14.2 Å². The van der Waals surface area contributed by atoms with E-state index in [4.69, 9.17) is 26.4 Å². The van der Waals surface area contributed by atoms with Crippen molar-refractivity contribution in [3.63, 3.8) is 0 Å². The number of thiocarbonyl (C=S) groups is 1. The van der Waals surface area contributed by atoms with E-state index in [0.717, 1.165) is 17.2 Å². The van der Waals surface area contributed by atoms with Crippen LogP contribution in [0.15, 0.2) is 54.6 Å². The third kappa shape index (κ3) is 5.31. The largest absolute Gasteiger partial charge is 0.497 e. The van der Waals surface area contributed by atoms with Gasteiger partial charge in [0.1, 0.15) is 24.7 Å². The zero-order valence-corrected chi connectivity index (χ0v) is 12.6. The molecule has 0 unspecified atom stereocenters. The van der Waals surface area contributed by atoms with Crippen LogP contribution in [0.1, 0.15) is 0 Å². The number of benzene rings is 2. The number of ether oxygens (including phenoxy) is 3. The first kappa shape index (κ1) is 15.1. The zero-order valence-electron chi connectivity index (χ0n) is 11.7. The Kier molecular flexibility index (Phi) is 5.84. The SMILES string of the molecule is COc1ccc(NC(=S)OCCOc2ccccc2)cc1. The highest BCUT2D eigenvalue weighted by Gasteiger charge is 2.00. The molecule has 5 heteroatoms. The molecule has 0 saturated heterocycles. The van der Waals surface area contributed by atoms with Gasteiger partial charge in [-0.3, -0.25) is 0 Å². The second-order valence-corrected chi connectivity index (χ2v) is 4.52. The molecule has 0 aliphatic rings. The molecule has 0 aromatic heterocycles. The average Bonchev–Trinajstić information content (AvgIpc) is 2.53. The van der Waals surface area contributed by atoms with Crippen molar-refractivity contribution in [2.75, 3.05) is 25.6 Å². The standard InChI is InChI=1S/C16H17NO3S/c1-18-14-9-7-13(8-10-14)17-16(21)20-12-11-19-15-5-3-2-4-6-15/h2-10H,11-12H2,1H3,(H,17,21). The van der Waals surface area contributed by atoms with Crippen LogP contribution in [0.3, 0.4) is 0 Å². The highest BCUT2D eigenvalue weighted by molar-refractivity contribution is 7.80. The Hall–Kier alpha value is -2.27. The van der Waals surface area contributed by atoms with Gasteiger partial charge in [-0.25, -0.2) is 0 Å². The Bertz CT molecular complexity index is 557. The summed E-state index contributed by atoms with van der Waals surface area (Å²) in [5, 5.41) is 3.31. The van der Waals surface area contributed by atoms with Crippen LogP contribution in [0.2, 0.25) is 0 Å². The van der Waals surface area contributed by atoms with E-state index in [9.17, 15) is 0 Å². The fourth-order valence-corrected chi connectivity index (χ4v) is 1.84. The van der Waals surface area contributed by atoms with Crippen molar-refractivity contribution in [2.45, 2.75) is 0 Å². The van der Waals surface area contributed by atoms with Gasteiger partial charge < -0.3 is 19.5 Å². The molecule has 0 bridgehead atoms. The molecule has 2 rings (SSSR count). The third-order valence-corrected chi connectivity index (χ3v) is 2.88. The zero-order chi connectivity index (χ0) is 14.9. The minimum absolute atomic E-state index is 0.317. The lowest BCUT2D eigenvalue weighted by molar-refractivity contribution is 0.212. The second-order valence-electron chi connectivity index (χ2n) is 4.15. The summed E-state index contributed by atoms with van der Waals surface area (Å²) in [6.07, 6.45) is 0. The molecule has 0 saturated carbocycles. The first-order valence-corrected chi connectivity index (χ1v) is 6.94. The normalized spacial score (nSPS) is 9.76. The lowest BCUT2D eigenvalue weighted by Gasteiger charge is -2.11. The molecule has 0 aliphatic heterocycles. The van der Waals surface area contributed by atoms with Gasteiger partial charge in [-0.15, -0.1) is 0 Å². The van der Waals surface area contributed by atoms with E-state index in [0.29, 0.717) is 18.4 Å². The van der Waals surface area contributed by atoms with E-state index in [2.05, 4.69) is 5.32 Å². The molecule has 0 radical (unpaired) electrons. The minimum atomic E-state index is 0.317. The lowest BCUT2D eigenvalue weighted by atomic mass is 10.3. The first-order valence-electron chi connectivity index (χ1n) is 6.53. The number of anilines is 1. The predicted molar refractivity (Wildman–Crippen MR) is 87.1 cm³/mol. The van der Waals surface area contributed by atoms with Crippen LogP contribution in [0.5, 0.6) is 11.5 Å². The van der Waals surface area contributed by atoms with Crippen molar-refractivity contribution in [1.29, 1.82) is 0 Å². The quantitative estimate of drug-likeness (QED) is 0.653. The van der Waals surface area contributed by atoms with Gasteiger partial charge in [-0.1, -0.05) is 18.2 Å². The molecule has 1 N–H and O–H groups in total. The van der Waals surface area contributed by atoms with Crippen molar-refractivity contribution in [2.24, 2.45) is 0 Å². The fraction of sp³-hybridized carbons (Fsp3) is 0.188. The molecule has 2 aromatic rings. The van der Waals surface area contributed by atoms with Crippen LogP contribution in [-0.4, -0.2) is 25.5 Å². The van der Waals surface area contributed by atoms with E-state index in [1.165, 1.54) is 0 Å². The maximum Gasteiger partial charge on any atom is 0.261 e. The maximum atomic E-state index is 5.51. The van der Waals surface area contributed by atoms with Crippen LogP contribution in [0, 0.1) is 0 Å². The van der Waals surface area contributed by atoms with Gasteiger partial charge in [-0.2, -0.15) is 0 Å². The summed E-state index contributed by atoms with van der Waals surface area (Å²) >= 11 is 5.11. The highest BCUT2D eigenvalue weighted by atomic mass is 32.1. The fourth-order valence-electron chi connectivity index (χ4n) is 1.64. The molecule has 0 atom stereocenters. The topological polar surface area (TPSA) is 39.7 Å². The molecule has 110 valence electrons. The minimum Gasteiger partial charge on any atom is -0.497 e. The lowest BCUT2D eigenvalue weighted by Crippen LogP contribution is -2.17. The van der Waals surface area contributed by atoms with Crippen molar-refractivity contribution in [1.82, 2.24) is 0 Å². The van der Waals surface area contributed by atoms with Crippen LogP contribution in [0.25, 0.3) is 0 Å². The van der Waals surface area contributed by atoms with E-state index in [1.807, 2.05) is 54.6 Å². The summed E-state index contributed by atoms with van der Waals surface area (Å²) in [5.74, 6) is 1.61. The average molecular weight is 303 g/mol. The summed E-state index contributed by atoms with van der Waals surface area (Å²) in [4.78, 5) is 0. The number of hydrogen-bond donors (Lipinski definition) is 1. The van der Waals surface area contributed by atoms with Gasteiger partial charge in [0.2, 0.25) is 0 Å². The number of nitrogens with one attached hydrogen (secondary N) is 1. The van der Waals surface area contributed by atoms with E-state index in [1.54, 1.807) is 7.11 Å². The van der Waals surface area contributed by atoms with Crippen LogP contribution < -0.4 is 14.8 Å². The smallest absolute Gasteiger partial charge is 0.261 e. The van der Waals surface area contributed by atoms with Crippen molar-refractivity contribution in [3.05, 3.63) is 54.6 Å². The summed E-state index contributed by atoms with van der Waals surface area (Å²) in [7, 11) is 1.63. The van der Waals surface area contributed by atoms with Crippen molar-refractivity contribution >= 4 is 23.1 Å². The van der Waals surface area contributed by atoms with Crippen LogP contribution in [-0.2, 0) is 4.74 Å². The number of methoxy groups -OCH3 is 1. The Balaban J connectivity index is 1.67. The van der Waals surface area contributed by atoms with Gasteiger partial charge in [0.15, 0.2) is 0 Å². The van der Waals surface area contributed by atoms with Gasteiger partial charge in [0.05, 0.1) is 7.11 Å². The maximum absolute atomic E-state index is 5.51. The van der Waals surface area contributed by atoms with E-state index in [-0.39, 0.29) is 0 Å². The summed E-state index contributed by atoms with van der Waals surface area (Å²) in [5.41, 5.74) is 0.852. The third-order valence-electron chi connectivity index (χ3n) is 2.66. The first-order chi connectivity index (χ1) is 10.3. The number of rotatable bonds is 6.